The van der Waals surface area contributed by atoms with Gasteiger partial charge < -0.3 is 5.11 Å². The quantitative estimate of drug-likeness (QED) is 0.567. The zero-order valence-corrected chi connectivity index (χ0v) is 19.8. The van der Waals surface area contributed by atoms with Gasteiger partial charge in [0.1, 0.15) is 5.78 Å². The minimum absolute atomic E-state index is 0.0961. The molecule has 6 unspecified atom stereocenters. The molecule has 166 valence electrons. The molecular weight excluding hydrogens is 372 g/mol. The van der Waals surface area contributed by atoms with E-state index in [0.29, 0.717) is 30.0 Å². The monoisotopic (exact) mass is 412 g/mol. The third-order valence-electron chi connectivity index (χ3n) is 10.6. The van der Waals surface area contributed by atoms with Crippen molar-refractivity contribution >= 4 is 11.8 Å². The summed E-state index contributed by atoms with van der Waals surface area (Å²) in [7, 11) is 0. The van der Waals surface area contributed by atoms with E-state index in [0.717, 1.165) is 25.7 Å². The molecule has 30 heavy (non-hydrogen) atoms. The van der Waals surface area contributed by atoms with Gasteiger partial charge in [-0.1, -0.05) is 53.7 Å². The van der Waals surface area contributed by atoms with Crippen LogP contribution in [0.5, 0.6) is 0 Å². The molecule has 0 bridgehead atoms. The number of carboxylic acid groups (broad SMARTS) is 1. The molecule has 1 N–H and O–H groups in total. The largest absolute Gasteiger partial charge is 0.481 e. The fraction of sp³-hybridized carbons (Fsp3) is 0.778. The molecule has 0 heterocycles. The lowest BCUT2D eigenvalue weighted by atomic mass is 9.44. The molecule has 0 aromatic heterocycles. The SMILES string of the molecule is CC(CCC(=O)O)C1CCC2(C)C3=CCC4C(C)(C)C(=O)CCC4(C)C3=CCC12C. The first-order valence-electron chi connectivity index (χ1n) is 12.0. The zero-order valence-electron chi connectivity index (χ0n) is 19.8. The number of hydrogen-bond acceptors (Lipinski definition) is 2. The van der Waals surface area contributed by atoms with Crippen molar-refractivity contribution in [3.63, 3.8) is 0 Å². The van der Waals surface area contributed by atoms with Crippen LogP contribution in [-0.4, -0.2) is 16.9 Å². The molecule has 3 heteroatoms. The summed E-state index contributed by atoms with van der Waals surface area (Å²) in [6, 6.07) is 0. The predicted molar refractivity (Wildman–Crippen MR) is 120 cm³/mol. The zero-order chi connectivity index (χ0) is 22.1. The van der Waals surface area contributed by atoms with Crippen LogP contribution in [0.4, 0.5) is 0 Å². The molecule has 4 aliphatic rings. The van der Waals surface area contributed by atoms with E-state index in [-0.39, 0.29) is 28.1 Å². The summed E-state index contributed by atoms with van der Waals surface area (Å²) in [5.41, 5.74) is 3.29. The van der Waals surface area contributed by atoms with E-state index in [1.807, 2.05) is 0 Å². The number of hydrogen-bond donors (Lipinski definition) is 1. The van der Waals surface area contributed by atoms with Gasteiger partial charge in [0, 0.05) is 18.3 Å². The number of carbonyl (C=O) groups is 2. The van der Waals surface area contributed by atoms with E-state index in [1.165, 1.54) is 18.4 Å². The molecule has 2 fully saturated rings. The van der Waals surface area contributed by atoms with Crippen molar-refractivity contribution in [3.05, 3.63) is 23.3 Å². The molecular formula is C27H40O3. The number of allylic oxidation sites excluding steroid dienone is 4. The van der Waals surface area contributed by atoms with Crippen molar-refractivity contribution in [2.24, 2.45) is 39.4 Å². The number of fused-ring (bicyclic) bond motifs is 5. The molecule has 6 atom stereocenters. The number of carboxylic acids is 1. The number of rotatable bonds is 4. The van der Waals surface area contributed by atoms with E-state index in [9.17, 15) is 9.59 Å². The van der Waals surface area contributed by atoms with E-state index in [2.05, 4.69) is 53.7 Å². The van der Waals surface area contributed by atoms with Crippen LogP contribution in [0.25, 0.3) is 0 Å². The summed E-state index contributed by atoms with van der Waals surface area (Å²) in [5, 5.41) is 9.16. The van der Waals surface area contributed by atoms with Crippen LogP contribution < -0.4 is 0 Å². The molecule has 0 saturated heterocycles. The molecule has 4 aliphatic carbocycles. The summed E-state index contributed by atoms with van der Waals surface area (Å²) < 4.78 is 0. The van der Waals surface area contributed by atoms with Gasteiger partial charge in [0.2, 0.25) is 0 Å². The highest BCUT2D eigenvalue weighted by Gasteiger charge is 2.63. The van der Waals surface area contributed by atoms with Gasteiger partial charge in [-0.05, 0) is 83.7 Å². The highest BCUT2D eigenvalue weighted by atomic mass is 16.4. The Balaban J connectivity index is 1.70. The fourth-order valence-electron chi connectivity index (χ4n) is 8.31. The van der Waals surface area contributed by atoms with Crippen LogP contribution in [-0.2, 0) is 9.59 Å². The second kappa shape index (κ2) is 6.81. The van der Waals surface area contributed by atoms with Crippen LogP contribution >= 0.6 is 0 Å². The molecule has 0 spiro atoms. The molecule has 3 nitrogen and oxygen atoms in total. The van der Waals surface area contributed by atoms with Crippen LogP contribution in [0.15, 0.2) is 23.3 Å². The van der Waals surface area contributed by atoms with E-state index < -0.39 is 5.97 Å². The second-order valence-electron chi connectivity index (χ2n) is 12.1. The Morgan fingerprint density at radius 2 is 1.83 bits per heavy atom. The third-order valence-corrected chi connectivity index (χ3v) is 10.6. The summed E-state index contributed by atoms with van der Waals surface area (Å²) >= 11 is 0. The minimum atomic E-state index is -0.679. The average Bonchev–Trinajstić information content (AvgIpc) is 2.95. The predicted octanol–water partition coefficient (Wildman–Crippen LogP) is 6.58. The lowest BCUT2D eigenvalue weighted by Gasteiger charge is -2.59. The van der Waals surface area contributed by atoms with Crippen LogP contribution in [0, 0.1) is 39.4 Å². The highest BCUT2D eigenvalue weighted by molar-refractivity contribution is 5.86. The second-order valence-corrected chi connectivity index (χ2v) is 12.1. The number of ketones is 1. The molecule has 0 aliphatic heterocycles. The summed E-state index contributed by atoms with van der Waals surface area (Å²) in [6.45, 7) is 14.0. The van der Waals surface area contributed by atoms with Gasteiger partial charge in [-0.15, -0.1) is 0 Å². The van der Waals surface area contributed by atoms with Gasteiger partial charge in [-0.2, -0.15) is 0 Å². The number of carbonyl (C=O) groups excluding carboxylic acids is 1. The number of aliphatic carboxylic acids is 1. The first-order chi connectivity index (χ1) is 13.9. The van der Waals surface area contributed by atoms with Crippen molar-refractivity contribution in [1.29, 1.82) is 0 Å². The number of Topliss-reactive ketones (excluding diaryl/α,β-unsaturated/α-hetero) is 1. The van der Waals surface area contributed by atoms with Gasteiger partial charge in [-0.25, -0.2) is 0 Å². The Morgan fingerprint density at radius 1 is 1.13 bits per heavy atom. The Morgan fingerprint density at radius 3 is 2.50 bits per heavy atom. The standard InChI is InChI=1S/C27H40O3/c1-17(7-10-23(29)30)18-11-15-27(6)20-8-9-21-24(2,3)22(28)13-14-25(21,4)19(20)12-16-26(18,27)5/h8,12,17-18,21H,7,9-11,13-16H2,1-6H3,(H,29,30). The maximum atomic E-state index is 12.7. The Hall–Kier alpha value is -1.38. The van der Waals surface area contributed by atoms with E-state index in [4.69, 9.17) is 5.11 Å². The van der Waals surface area contributed by atoms with Gasteiger partial charge >= 0.3 is 5.97 Å². The lowest BCUT2D eigenvalue weighted by Crippen LogP contribution is -2.53. The van der Waals surface area contributed by atoms with Crippen molar-refractivity contribution < 1.29 is 14.7 Å². The van der Waals surface area contributed by atoms with Crippen LogP contribution in [0.3, 0.4) is 0 Å². The average molecular weight is 413 g/mol. The summed E-state index contributed by atoms with van der Waals surface area (Å²) in [6.07, 6.45) is 12.2. The Bertz CT molecular complexity index is 833. The molecule has 2 saturated carbocycles. The first kappa shape index (κ1) is 21.8. The topological polar surface area (TPSA) is 54.4 Å². The normalized spacial score (nSPS) is 43.1. The van der Waals surface area contributed by atoms with Crippen LogP contribution in [0.2, 0.25) is 0 Å². The Labute approximate surface area is 182 Å². The highest BCUT2D eigenvalue weighted by Crippen LogP contribution is 2.71. The van der Waals surface area contributed by atoms with Crippen molar-refractivity contribution in [2.75, 3.05) is 0 Å². The van der Waals surface area contributed by atoms with Crippen molar-refractivity contribution in [3.8, 4) is 0 Å². The summed E-state index contributed by atoms with van der Waals surface area (Å²) in [5.74, 6) is 1.14. The fourth-order valence-corrected chi connectivity index (χ4v) is 8.31. The van der Waals surface area contributed by atoms with E-state index in [1.54, 1.807) is 5.57 Å². The summed E-state index contributed by atoms with van der Waals surface area (Å²) in [4.78, 5) is 23.8. The molecule has 0 amide bonds. The molecule has 0 aromatic carbocycles. The van der Waals surface area contributed by atoms with Gasteiger partial charge in [0.05, 0.1) is 0 Å². The maximum absolute atomic E-state index is 12.7. The van der Waals surface area contributed by atoms with Crippen LogP contribution in [0.1, 0.15) is 92.9 Å². The van der Waals surface area contributed by atoms with Gasteiger partial charge in [0.25, 0.3) is 0 Å². The van der Waals surface area contributed by atoms with E-state index >= 15 is 0 Å². The molecule has 4 rings (SSSR count). The van der Waals surface area contributed by atoms with Gasteiger partial charge in [0.15, 0.2) is 0 Å². The molecule has 0 aromatic rings. The van der Waals surface area contributed by atoms with Crippen molar-refractivity contribution in [2.45, 2.75) is 92.9 Å². The third kappa shape index (κ3) is 2.76. The maximum Gasteiger partial charge on any atom is 0.303 e. The van der Waals surface area contributed by atoms with Gasteiger partial charge in [-0.3, -0.25) is 9.59 Å². The Kier molecular flexibility index (Phi) is 4.96. The minimum Gasteiger partial charge on any atom is -0.481 e. The smallest absolute Gasteiger partial charge is 0.303 e. The first-order valence-corrected chi connectivity index (χ1v) is 12.0. The molecule has 0 radical (unpaired) electrons. The lowest BCUT2D eigenvalue weighted by molar-refractivity contribution is -0.138. The van der Waals surface area contributed by atoms with Crippen molar-refractivity contribution in [1.82, 2.24) is 0 Å².